The molecule has 3 nitrogen and oxygen atoms in total. The molecule has 0 spiro atoms. The second-order valence-electron chi connectivity index (χ2n) is 6.24. The Bertz CT molecular complexity index is 701. The van der Waals surface area contributed by atoms with E-state index in [0.29, 0.717) is 11.8 Å². The second kappa shape index (κ2) is 7.35. The van der Waals surface area contributed by atoms with Crippen molar-refractivity contribution in [3.63, 3.8) is 0 Å². The summed E-state index contributed by atoms with van der Waals surface area (Å²) < 4.78 is 0. The SMILES string of the molecule is CC[C@H]1CCCCN1C(=O)CSc1nc2ccccc2cc1C. The highest BCUT2D eigenvalue weighted by Gasteiger charge is 2.25. The first-order chi connectivity index (χ1) is 11.2. The lowest BCUT2D eigenvalue weighted by atomic mass is 10.0. The van der Waals surface area contributed by atoms with Crippen molar-refractivity contribution in [2.45, 2.75) is 50.6 Å². The predicted molar refractivity (Wildman–Crippen MR) is 96.8 cm³/mol. The van der Waals surface area contributed by atoms with Crippen LogP contribution in [-0.4, -0.2) is 34.1 Å². The zero-order chi connectivity index (χ0) is 16.2. The molecule has 4 heteroatoms. The molecule has 1 aromatic carbocycles. The highest BCUT2D eigenvalue weighted by Crippen LogP contribution is 2.26. The molecule has 3 rings (SSSR count). The molecule has 2 aromatic rings. The first kappa shape index (κ1) is 16.3. The summed E-state index contributed by atoms with van der Waals surface area (Å²) in [5.74, 6) is 0.749. The fourth-order valence-electron chi connectivity index (χ4n) is 3.32. The van der Waals surface area contributed by atoms with Crippen LogP contribution in [0, 0.1) is 6.92 Å². The Balaban J connectivity index is 1.70. The average Bonchev–Trinajstić information content (AvgIpc) is 2.59. The summed E-state index contributed by atoms with van der Waals surface area (Å²) in [6.07, 6.45) is 4.60. The van der Waals surface area contributed by atoms with Crippen LogP contribution in [0.1, 0.15) is 38.2 Å². The summed E-state index contributed by atoms with van der Waals surface area (Å²) in [7, 11) is 0. The monoisotopic (exact) mass is 328 g/mol. The van der Waals surface area contributed by atoms with Crippen LogP contribution in [0.3, 0.4) is 0 Å². The number of fused-ring (bicyclic) bond motifs is 1. The number of rotatable bonds is 4. The smallest absolute Gasteiger partial charge is 0.233 e. The van der Waals surface area contributed by atoms with Crippen molar-refractivity contribution in [1.29, 1.82) is 0 Å². The highest BCUT2D eigenvalue weighted by molar-refractivity contribution is 7.99. The van der Waals surface area contributed by atoms with Crippen LogP contribution in [-0.2, 0) is 4.79 Å². The molecule has 1 aromatic heterocycles. The number of aryl methyl sites for hydroxylation is 1. The number of carbonyl (C=O) groups excluding carboxylic acids is 1. The summed E-state index contributed by atoms with van der Waals surface area (Å²) in [6.45, 7) is 5.17. The summed E-state index contributed by atoms with van der Waals surface area (Å²) in [4.78, 5) is 19.4. The first-order valence-corrected chi connectivity index (χ1v) is 9.46. The number of amides is 1. The number of likely N-dealkylation sites (tertiary alicyclic amines) is 1. The van der Waals surface area contributed by atoms with Crippen molar-refractivity contribution >= 4 is 28.6 Å². The highest BCUT2D eigenvalue weighted by atomic mass is 32.2. The van der Waals surface area contributed by atoms with Crippen LogP contribution in [0.2, 0.25) is 0 Å². The molecule has 0 unspecified atom stereocenters. The molecule has 1 aliphatic heterocycles. The van der Waals surface area contributed by atoms with Crippen molar-refractivity contribution < 1.29 is 4.79 Å². The number of piperidine rings is 1. The Morgan fingerprint density at radius 2 is 2.17 bits per heavy atom. The van der Waals surface area contributed by atoms with Crippen molar-refractivity contribution in [2.75, 3.05) is 12.3 Å². The molecule has 1 saturated heterocycles. The van der Waals surface area contributed by atoms with E-state index in [-0.39, 0.29) is 5.91 Å². The maximum absolute atomic E-state index is 12.6. The van der Waals surface area contributed by atoms with E-state index in [4.69, 9.17) is 4.98 Å². The Hall–Kier alpha value is -1.55. The molecule has 122 valence electrons. The maximum atomic E-state index is 12.6. The number of nitrogens with zero attached hydrogens (tertiary/aromatic N) is 2. The van der Waals surface area contributed by atoms with Gasteiger partial charge >= 0.3 is 0 Å². The van der Waals surface area contributed by atoms with Gasteiger partial charge in [0.15, 0.2) is 0 Å². The van der Waals surface area contributed by atoms with Gasteiger partial charge in [-0.25, -0.2) is 4.98 Å². The Kier molecular flexibility index (Phi) is 5.21. The summed E-state index contributed by atoms with van der Waals surface area (Å²) >= 11 is 1.57. The topological polar surface area (TPSA) is 33.2 Å². The molecule has 1 aliphatic rings. The number of para-hydroxylation sites is 1. The summed E-state index contributed by atoms with van der Waals surface area (Å²) in [5.41, 5.74) is 2.14. The van der Waals surface area contributed by atoms with Gasteiger partial charge in [-0.2, -0.15) is 0 Å². The van der Waals surface area contributed by atoms with E-state index in [1.165, 1.54) is 6.42 Å². The molecule has 0 radical (unpaired) electrons. The van der Waals surface area contributed by atoms with Gasteiger partial charge in [0.25, 0.3) is 0 Å². The maximum Gasteiger partial charge on any atom is 0.233 e. The van der Waals surface area contributed by atoms with E-state index in [2.05, 4.69) is 30.9 Å². The van der Waals surface area contributed by atoms with Crippen molar-refractivity contribution in [1.82, 2.24) is 9.88 Å². The van der Waals surface area contributed by atoms with Gasteiger partial charge in [-0.3, -0.25) is 4.79 Å². The minimum absolute atomic E-state index is 0.260. The summed E-state index contributed by atoms with van der Waals surface area (Å²) in [6, 6.07) is 10.7. The van der Waals surface area contributed by atoms with Crippen LogP contribution in [0.15, 0.2) is 35.4 Å². The third-order valence-corrected chi connectivity index (χ3v) is 5.70. The van der Waals surface area contributed by atoms with Crippen LogP contribution in [0.25, 0.3) is 10.9 Å². The molecule has 0 bridgehead atoms. The Labute approximate surface area is 142 Å². The number of thioether (sulfide) groups is 1. The Morgan fingerprint density at radius 1 is 1.35 bits per heavy atom. The van der Waals surface area contributed by atoms with Crippen LogP contribution < -0.4 is 0 Å². The lowest BCUT2D eigenvalue weighted by molar-refractivity contribution is -0.132. The van der Waals surface area contributed by atoms with E-state index in [9.17, 15) is 4.79 Å². The van der Waals surface area contributed by atoms with E-state index in [1.807, 2.05) is 18.2 Å². The number of carbonyl (C=O) groups is 1. The predicted octanol–water partition coefficient (Wildman–Crippen LogP) is 4.43. The summed E-state index contributed by atoms with van der Waals surface area (Å²) in [5, 5.41) is 2.13. The zero-order valence-electron chi connectivity index (χ0n) is 13.9. The lowest BCUT2D eigenvalue weighted by Crippen LogP contribution is -2.44. The molecule has 23 heavy (non-hydrogen) atoms. The van der Waals surface area contributed by atoms with Crippen LogP contribution >= 0.6 is 11.8 Å². The normalized spacial score (nSPS) is 18.3. The standard InChI is InChI=1S/C19H24N2OS/c1-3-16-9-6-7-11-21(16)18(22)13-23-19-14(2)12-15-8-4-5-10-17(15)20-19/h4-5,8,10,12,16H,3,6-7,9,11,13H2,1-2H3/t16-/m0/s1. The van der Waals surface area contributed by atoms with E-state index >= 15 is 0 Å². The number of hydrogen-bond donors (Lipinski definition) is 0. The van der Waals surface area contributed by atoms with Crippen LogP contribution in [0.5, 0.6) is 0 Å². The lowest BCUT2D eigenvalue weighted by Gasteiger charge is -2.35. The number of hydrogen-bond acceptors (Lipinski definition) is 3. The van der Waals surface area contributed by atoms with Gasteiger partial charge in [0.2, 0.25) is 5.91 Å². The van der Waals surface area contributed by atoms with Crippen LogP contribution in [0.4, 0.5) is 0 Å². The molecule has 0 N–H and O–H groups in total. The largest absolute Gasteiger partial charge is 0.339 e. The molecule has 0 saturated carbocycles. The number of aromatic nitrogens is 1. The molecule has 1 atom stereocenters. The first-order valence-electron chi connectivity index (χ1n) is 8.47. The van der Waals surface area contributed by atoms with Crippen molar-refractivity contribution in [2.24, 2.45) is 0 Å². The minimum atomic E-state index is 0.260. The number of benzene rings is 1. The van der Waals surface area contributed by atoms with Gasteiger partial charge < -0.3 is 4.90 Å². The molecular weight excluding hydrogens is 304 g/mol. The molecular formula is C19H24N2OS. The van der Waals surface area contributed by atoms with Gasteiger partial charge in [-0.1, -0.05) is 36.9 Å². The van der Waals surface area contributed by atoms with E-state index < -0.39 is 0 Å². The average molecular weight is 328 g/mol. The zero-order valence-corrected chi connectivity index (χ0v) is 14.7. The third-order valence-electron chi connectivity index (χ3n) is 4.62. The van der Waals surface area contributed by atoms with E-state index in [1.54, 1.807) is 11.8 Å². The van der Waals surface area contributed by atoms with Gasteiger partial charge in [0.05, 0.1) is 11.3 Å². The fourth-order valence-corrected chi connectivity index (χ4v) is 4.19. The second-order valence-corrected chi connectivity index (χ2v) is 7.20. The van der Waals surface area contributed by atoms with Crippen molar-refractivity contribution in [3.8, 4) is 0 Å². The third kappa shape index (κ3) is 3.69. The van der Waals surface area contributed by atoms with E-state index in [0.717, 1.165) is 47.3 Å². The fraction of sp³-hybridized carbons (Fsp3) is 0.474. The molecule has 1 amide bonds. The van der Waals surface area contributed by atoms with Gasteiger partial charge in [-0.15, -0.1) is 0 Å². The quantitative estimate of drug-likeness (QED) is 0.779. The minimum Gasteiger partial charge on any atom is -0.339 e. The molecule has 1 fully saturated rings. The number of pyridine rings is 1. The van der Waals surface area contributed by atoms with Gasteiger partial charge in [-0.05, 0) is 50.3 Å². The molecule has 0 aliphatic carbocycles. The molecule has 2 heterocycles. The van der Waals surface area contributed by atoms with Gasteiger partial charge in [0, 0.05) is 18.0 Å². The van der Waals surface area contributed by atoms with Crippen molar-refractivity contribution in [3.05, 3.63) is 35.9 Å². The van der Waals surface area contributed by atoms with Gasteiger partial charge in [0.1, 0.15) is 5.03 Å². The Morgan fingerprint density at radius 3 is 3.00 bits per heavy atom.